The number of aromatic nitrogens is 2. The van der Waals surface area contributed by atoms with E-state index in [4.69, 9.17) is 11.6 Å². The number of amides is 2. The molecule has 0 aliphatic rings. The minimum atomic E-state index is -4.81. The Labute approximate surface area is 194 Å². The number of halogens is 3. The van der Waals surface area contributed by atoms with Crippen LogP contribution in [0.25, 0.3) is 0 Å². The number of nitrogens with one attached hydrogen (secondary N) is 2. The third-order valence-corrected chi connectivity index (χ3v) is 4.38. The standard InChI is InChI=1S/C21H26F3N7O3/c1-27-20(33)17(25)13-31(26)10-3-2-6-15-8-9-18(30-29-15)28-19(32)12-14-5-4-7-16(11-14)34-21(22,23)24/h4-5,7-9,11,13H,2-3,6,10,12,25-26H2,1H3,(H,27,33)(H,28,30,32)/b17-13-. The van der Waals surface area contributed by atoms with Crippen LogP contribution in [0.5, 0.6) is 5.75 Å². The van der Waals surface area contributed by atoms with Crippen molar-refractivity contribution in [3.05, 3.63) is 59.6 Å². The molecule has 1 aromatic carbocycles. The summed E-state index contributed by atoms with van der Waals surface area (Å²) in [4.78, 5) is 23.5. The van der Waals surface area contributed by atoms with Gasteiger partial charge in [0, 0.05) is 19.8 Å². The minimum Gasteiger partial charge on any atom is -0.406 e. The summed E-state index contributed by atoms with van der Waals surface area (Å²) in [6, 6.07) is 8.49. The monoisotopic (exact) mass is 481 g/mol. The third-order valence-electron chi connectivity index (χ3n) is 4.38. The predicted octanol–water partition coefficient (Wildman–Crippen LogP) is 1.60. The number of anilines is 1. The van der Waals surface area contributed by atoms with E-state index in [9.17, 15) is 22.8 Å². The van der Waals surface area contributed by atoms with Gasteiger partial charge in [0.15, 0.2) is 5.82 Å². The molecule has 0 aliphatic carbocycles. The zero-order valence-electron chi connectivity index (χ0n) is 18.4. The molecule has 0 saturated carbocycles. The molecule has 10 nitrogen and oxygen atoms in total. The van der Waals surface area contributed by atoms with Gasteiger partial charge < -0.3 is 26.1 Å². The molecule has 0 fully saturated rings. The Kier molecular flexibility index (Phi) is 9.62. The number of alkyl halides is 3. The maximum Gasteiger partial charge on any atom is 0.573 e. The highest BCUT2D eigenvalue weighted by molar-refractivity contribution is 5.92. The first-order valence-corrected chi connectivity index (χ1v) is 10.2. The molecule has 2 aromatic rings. The van der Waals surface area contributed by atoms with E-state index < -0.39 is 23.9 Å². The molecule has 13 heteroatoms. The lowest BCUT2D eigenvalue weighted by Gasteiger charge is -2.14. The SMILES string of the molecule is CNC(=O)/C(N)=C/N(N)CCCCc1ccc(NC(=O)Cc2cccc(OC(F)(F)F)c2)nn1. The summed E-state index contributed by atoms with van der Waals surface area (Å²) in [5.41, 5.74) is 6.65. The van der Waals surface area contributed by atoms with Crippen molar-refractivity contribution < 1.29 is 27.5 Å². The second-order valence-electron chi connectivity index (χ2n) is 7.19. The predicted molar refractivity (Wildman–Crippen MR) is 118 cm³/mol. The Hall–Kier alpha value is -3.87. The van der Waals surface area contributed by atoms with Crippen LogP contribution < -0.4 is 26.9 Å². The number of nitrogens with zero attached hydrogens (tertiary/aromatic N) is 3. The molecule has 6 N–H and O–H groups in total. The van der Waals surface area contributed by atoms with E-state index in [0.717, 1.165) is 18.6 Å². The van der Waals surface area contributed by atoms with E-state index in [2.05, 4.69) is 25.6 Å². The van der Waals surface area contributed by atoms with Gasteiger partial charge in [-0.15, -0.1) is 18.3 Å². The summed E-state index contributed by atoms with van der Waals surface area (Å²) >= 11 is 0. The number of unbranched alkanes of at least 4 members (excludes halogenated alkanes) is 1. The van der Waals surface area contributed by atoms with Gasteiger partial charge in [-0.25, -0.2) is 5.84 Å². The fourth-order valence-corrected chi connectivity index (χ4v) is 2.83. The second-order valence-corrected chi connectivity index (χ2v) is 7.19. The summed E-state index contributed by atoms with van der Waals surface area (Å²) in [6.45, 7) is 0.481. The quantitative estimate of drug-likeness (QED) is 0.164. The zero-order valence-corrected chi connectivity index (χ0v) is 18.4. The first-order chi connectivity index (χ1) is 16.1. The molecule has 2 rings (SSSR count). The van der Waals surface area contributed by atoms with Crippen LogP contribution in [0.3, 0.4) is 0 Å². The normalized spacial score (nSPS) is 11.6. The second kappa shape index (κ2) is 12.4. The first kappa shape index (κ1) is 26.4. The fraction of sp³-hybridized carbons (Fsp3) is 0.333. The van der Waals surface area contributed by atoms with Crippen molar-refractivity contribution in [1.82, 2.24) is 20.5 Å². The highest BCUT2D eigenvalue weighted by Crippen LogP contribution is 2.23. The molecule has 0 atom stereocenters. The van der Waals surface area contributed by atoms with Gasteiger partial charge in [0.25, 0.3) is 5.91 Å². The largest absolute Gasteiger partial charge is 0.573 e. The molecule has 0 spiro atoms. The summed E-state index contributed by atoms with van der Waals surface area (Å²) in [5.74, 6) is 4.72. The lowest BCUT2D eigenvalue weighted by molar-refractivity contribution is -0.274. The number of hydrazine groups is 1. The van der Waals surface area contributed by atoms with Crippen LogP contribution in [-0.2, 0) is 22.4 Å². The van der Waals surface area contributed by atoms with Crippen LogP contribution in [0, 0.1) is 0 Å². The number of nitrogens with two attached hydrogens (primary N) is 2. The summed E-state index contributed by atoms with van der Waals surface area (Å²) < 4.78 is 40.8. The van der Waals surface area contributed by atoms with Gasteiger partial charge in [0.05, 0.1) is 12.1 Å². The molecular formula is C21H26F3N7O3. The third kappa shape index (κ3) is 9.73. The average Bonchev–Trinajstić information content (AvgIpc) is 2.76. The zero-order chi connectivity index (χ0) is 25.1. The van der Waals surface area contributed by atoms with Gasteiger partial charge in [0.2, 0.25) is 5.91 Å². The van der Waals surface area contributed by atoms with Gasteiger partial charge in [-0.1, -0.05) is 12.1 Å². The number of carbonyl (C=O) groups is 2. The fourth-order valence-electron chi connectivity index (χ4n) is 2.83. The van der Waals surface area contributed by atoms with Crippen LogP contribution in [0.4, 0.5) is 19.0 Å². The Morgan fingerprint density at radius 1 is 1.18 bits per heavy atom. The Morgan fingerprint density at radius 3 is 2.59 bits per heavy atom. The number of aryl methyl sites for hydroxylation is 1. The number of benzene rings is 1. The summed E-state index contributed by atoms with van der Waals surface area (Å²) in [5, 5.41) is 14.3. The molecule has 0 bridgehead atoms. The van der Waals surface area contributed by atoms with E-state index in [1.54, 1.807) is 12.1 Å². The van der Waals surface area contributed by atoms with E-state index in [0.29, 0.717) is 30.6 Å². The average molecular weight is 481 g/mol. The minimum absolute atomic E-state index is 0.0100. The number of hydrogen-bond donors (Lipinski definition) is 4. The smallest absolute Gasteiger partial charge is 0.406 e. The van der Waals surface area contributed by atoms with Gasteiger partial charge in [0.1, 0.15) is 11.4 Å². The number of rotatable bonds is 11. The van der Waals surface area contributed by atoms with Crippen LogP contribution in [0.2, 0.25) is 0 Å². The van der Waals surface area contributed by atoms with Crippen molar-refractivity contribution in [3.8, 4) is 5.75 Å². The van der Waals surface area contributed by atoms with Crippen LogP contribution in [-0.4, -0.2) is 47.0 Å². The lowest BCUT2D eigenvalue weighted by Crippen LogP contribution is -2.32. The number of hydrogen-bond acceptors (Lipinski definition) is 8. The van der Waals surface area contributed by atoms with Crippen molar-refractivity contribution >= 4 is 17.6 Å². The van der Waals surface area contributed by atoms with Crippen molar-refractivity contribution in [3.63, 3.8) is 0 Å². The Balaban J connectivity index is 1.77. The highest BCUT2D eigenvalue weighted by atomic mass is 19.4. The summed E-state index contributed by atoms with van der Waals surface area (Å²) in [6.07, 6.45) is -1.53. The number of ether oxygens (including phenoxy) is 1. The topological polar surface area (TPSA) is 148 Å². The van der Waals surface area contributed by atoms with Crippen LogP contribution >= 0.6 is 0 Å². The first-order valence-electron chi connectivity index (χ1n) is 10.2. The molecule has 34 heavy (non-hydrogen) atoms. The number of carbonyl (C=O) groups excluding carboxylic acids is 2. The van der Waals surface area contributed by atoms with Gasteiger partial charge in [-0.05, 0) is 49.1 Å². The molecule has 0 saturated heterocycles. The maximum absolute atomic E-state index is 12.3. The molecule has 0 unspecified atom stereocenters. The Bertz CT molecular complexity index is 998. The van der Waals surface area contributed by atoms with E-state index in [1.165, 1.54) is 30.4 Å². The van der Waals surface area contributed by atoms with Gasteiger partial charge >= 0.3 is 6.36 Å². The van der Waals surface area contributed by atoms with Gasteiger partial charge in [-0.2, -0.15) is 5.10 Å². The molecule has 1 aromatic heterocycles. The van der Waals surface area contributed by atoms with Crippen molar-refractivity contribution in [2.24, 2.45) is 11.6 Å². The highest BCUT2D eigenvalue weighted by Gasteiger charge is 2.31. The Morgan fingerprint density at radius 2 is 1.94 bits per heavy atom. The molecule has 1 heterocycles. The summed E-state index contributed by atoms with van der Waals surface area (Å²) in [7, 11) is 1.47. The van der Waals surface area contributed by atoms with Crippen LogP contribution in [0.15, 0.2) is 48.3 Å². The number of likely N-dealkylation sites (N-methyl/N-ethyl adjacent to an activating group) is 1. The molecule has 0 radical (unpaired) electrons. The molecule has 2 amide bonds. The van der Waals surface area contributed by atoms with Crippen molar-refractivity contribution in [1.29, 1.82) is 0 Å². The molecule has 184 valence electrons. The van der Waals surface area contributed by atoms with Crippen molar-refractivity contribution in [2.45, 2.75) is 32.0 Å². The van der Waals surface area contributed by atoms with Crippen LogP contribution in [0.1, 0.15) is 24.1 Å². The van der Waals surface area contributed by atoms with Crippen molar-refractivity contribution in [2.75, 3.05) is 18.9 Å². The molecule has 0 aliphatic heterocycles. The van der Waals surface area contributed by atoms with E-state index >= 15 is 0 Å². The lowest BCUT2D eigenvalue weighted by atomic mass is 10.1. The maximum atomic E-state index is 12.3. The van der Waals surface area contributed by atoms with E-state index in [1.807, 2.05) is 0 Å². The van der Waals surface area contributed by atoms with E-state index in [-0.39, 0.29) is 17.9 Å². The van der Waals surface area contributed by atoms with Gasteiger partial charge in [-0.3, -0.25) is 9.59 Å². The molecular weight excluding hydrogens is 455 g/mol.